The van der Waals surface area contributed by atoms with E-state index in [9.17, 15) is 9.18 Å². The number of ether oxygens (including phenoxy) is 2. The van der Waals surface area contributed by atoms with Gasteiger partial charge in [-0.25, -0.2) is 4.39 Å². The van der Waals surface area contributed by atoms with E-state index in [1.165, 1.54) is 12.1 Å². The number of halogens is 1. The highest BCUT2D eigenvalue weighted by atomic mass is 19.1. The summed E-state index contributed by atoms with van der Waals surface area (Å²) in [7, 11) is 0. The molecule has 2 aliphatic rings. The lowest BCUT2D eigenvalue weighted by molar-refractivity contribution is -0.522. The van der Waals surface area contributed by atoms with Crippen molar-refractivity contribution in [1.82, 2.24) is 15.2 Å². The topological polar surface area (TPSA) is 84.1 Å². The van der Waals surface area contributed by atoms with E-state index in [0.29, 0.717) is 54.1 Å². The number of hydrogen-bond donors (Lipinski definition) is 2. The summed E-state index contributed by atoms with van der Waals surface area (Å²) in [6, 6.07) is 6.58. The number of hydrogen-bond acceptors (Lipinski definition) is 4. The summed E-state index contributed by atoms with van der Waals surface area (Å²) in [5.74, 6) is 1.15. The zero-order chi connectivity index (χ0) is 21.1. The fraction of sp³-hybridized carbons (Fsp3) is 0.261. The van der Waals surface area contributed by atoms with Crippen molar-refractivity contribution < 1.29 is 18.3 Å². The van der Waals surface area contributed by atoms with Gasteiger partial charge in [-0.2, -0.15) is 4.40 Å². The standard InChI is InChI=1S/C23H19FN4O3/c1-12-21(18(29)6-7-25-12)15-8-20-17(28-11-26-27-23(15)28)4-2-14-16(24)3-5-19-22(14)13(9-30-19)10-31-20/h3,5-8,11,13H,2,4,9-10H2,1H3,(H,25,29)/p+1/t13-/m1/s1. The second-order valence-electron chi connectivity index (χ2n) is 8.04. The molecule has 2 aliphatic heterocycles. The third kappa shape index (κ3) is 2.67. The molecule has 0 amide bonds. The smallest absolute Gasteiger partial charge is 0.270 e. The number of aromatic nitrogens is 4. The van der Waals surface area contributed by atoms with Crippen molar-refractivity contribution in [2.24, 2.45) is 0 Å². The maximum Gasteiger partial charge on any atom is 0.270 e. The molecule has 0 spiro atoms. The predicted molar refractivity (Wildman–Crippen MR) is 110 cm³/mol. The number of rotatable bonds is 1. The van der Waals surface area contributed by atoms with Crippen LogP contribution in [0.3, 0.4) is 0 Å². The lowest BCUT2D eigenvalue weighted by Gasteiger charge is -2.14. The quantitative estimate of drug-likeness (QED) is 0.465. The number of H-pyrrole nitrogens is 2. The van der Waals surface area contributed by atoms with E-state index in [4.69, 9.17) is 9.47 Å². The van der Waals surface area contributed by atoms with E-state index in [-0.39, 0.29) is 17.2 Å². The summed E-state index contributed by atoms with van der Waals surface area (Å²) >= 11 is 0. The maximum atomic E-state index is 14.7. The molecule has 0 unspecified atom stereocenters. The fourth-order valence-electron chi connectivity index (χ4n) is 4.82. The van der Waals surface area contributed by atoms with Crippen LogP contribution in [0, 0.1) is 12.7 Å². The lowest BCUT2D eigenvalue weighted by atomic mass is 9.93. The van der Waals surface area contributed by atoms with E-state index in [2.05, 4.69) is 15.2 Å². The van der Waals surface area contributed by atoms with Gasteiger partial charge in [0.1, 0.15) is 17.3 Å². The van der Waals surface area contributed by atoms with E-state index in [0.717, 1.165) is 22.7 Å². The molecule has 3 aromatic heterocycles. The van der Waals surface area contributed by atoms with Gasteiger partial charge in [0, 0.05) is 35.0 Å². The highest BCUT2D eigenvalue weighted by molar-refractivity contribution is 5.77. The Balaban J connectivity index is 1.56. The second-order valence-corrected chi connectivity index (χ2v) is 8.04. The van der Waals surface area contributed by atoms with Crippen LogP contribution in [0.4, 0.5) is 4.39 Å². The van der Waals surface area contributed by atoms with E-state index in [1.807, 2.05) is 17.4 Å². The van der Waals surface area contributed by atoms with Gasteiger partial charge in [-0.1, -0.05) is 0 Å². The van der Waals surface area contributed by atoms with Crippen LogP contribution < -0.4 is 19.3 Å². The summed E-state index contributed by atoms with van der Waals surface area (Å²) in [6.07, 6.45) is 4.38. The lowest BCUT2D eigenvalue weighted by Crippen LogP contribution is -2.28. The molecule has 0 fully saturated rings. The van der Waals surface area contributed by atoms with Gasteiger partial charge in [0.25, 0.3) is 12.0 Å². The van der Waals surface area contributed by atoms with Crippen molar-refractivity contribution in [3.05, 3.63) is 75.3 Å². The fourth-order valence-corrected chi connectivity index (χ4v) is 4.82. The van der Waals surface area contributed by atoms with Gasteiger partial charge in [0.05, 0.1) is 30.3 Å². The van der Waals surface area contributed by atoms with Gasteiger partial charge in [-0.05, 0) is 37.1 Å². The summed E-state index contributed by atoms with van der Waals surface area (Å²) in [4.78, 5) is 15.8. The number of nitrogens with one attached hydrogen (secondary N) is 2. The summed E-state index contributed by atoms with van der Waals surface area (Å²) in [5.41, 5.74) is 5.14. The SMILES string of the molecule is Cc1[nH]ccc(=O)c1-c1cc2c([n+]3cn[nH]c13)CCc1c(F)ccc3c1[C@H](CO3)CO2. The number of benzene rings is 1. The monoisotopic (exact) mass is 419 g/mol. The van der Waals surface area contributed by atoms with Crippen molar-refractivity contribution >= 4 is 5.65 Å². The van der Waals surface area contributed by atoms with Gasteiger partial charge in [0.2, 0.25) is 0 Å². The molecule has 1 atom stereocenters. The van der Waals surface area contributed by atoms with Crippen LogP contribution in [-0.4, -0.2) is 28.4 Å². The van der Waals surface area contributed by atoms with Crippen molar-refractivity contribution in [2.75, 3.05) is 13.2 Å². The van der Waals surface area contributed by atoms with E-state index < -0.39 is 0 Å². The van der Waals surface area contributed by atoms with Crippen LogP contribution in [0.2, 0.25) is 0 Å². The van der Waals surface area contributed by atoms with Crippen LogP contribution in [-0.2, 0) is 12.8 Å². The largest absolute Gasteiger partial charge is 0.493 e. The van der Waals surface area contributed by atoms with Crippen molar-refractivity contribution in [3.8, 4) is 22.6 Å². The number of fused-ring (bicyclic) bond motifs is 3. The number of aryl methyl sites for hydroxylation is 2. The van der Waals surface area contributed by atoms with Crippen LogP contribution in [0.1, 0.15) is 28.4 Å². The summed E-state index contributed by atoms with van der Waals surface area (Å²) in [6.45, 7) is 2.69. The maximum absolute atomic E-state index is 14.7. The van der Waals surface area contributed by atoms with Crippen molar-refractivity contribution in [3.63, 3.8) is 0 Å². The molecule has 2 N–H and O–H groups in total. The molecule has 0 bridgehead atoms. The molecule has 0 saturated heterocycles. The first-order chi connectivity index (χ1) is 15.1. The average molecular weight is 419 g/mol. The van der Waals surface area contributed by atoms with Gasteiger partial charge in [0.15, 0.2) is 11.2 Å². The third-order valence-electron chi connectivity index (χ3n) is 6.28. The average Bonchev–Trinajstić information content (AvgIpc) is 3.40. The van der Waals surface area contributed by atoms with Gasteiger partial charge >= 0.3 is 0 Å². The summed E-state index contributed by atoms with van der Waals surface area (Å²) < 4.78 is 28.7. The Bertz CT molecular complexity index is 1410. The third-order valence-corrected chi connectivity index (χ3v) is 6.28. The minimum Gasteiger partial charge on any atom is -0.493 e. The van der Waals surface area contributed by atoms with E-state index in [1.54, 1.807) is 18.6 Å². The van der Waals surface area contributed by atoms with Crippen LogP contribution in [0.5, 0.6) is 11.5 Å². The first kappa shape index (κ1) is 18.1. The Labute approximate surface area is 176 Å². The normalized spacial score (nSPS) is 17.2. The van der Waals surface area contributed by atoms with Crippen LogP contribution >= 0.6 is 0 Å². The molecule has 4 aromatic rings. The zero-order valence-corrected chi connectivity index (χ0v) is 16.9. The molecule has 0 aliphatic carbocycles. The minimum atomic E-state index is -0.214. The van der Waals surface area contributed by atoms with Crippen LogP contribution in [0.25, 0.3) is 16.8 Å². The molecular formula is C23H20FN4O3+. The number of pyridine rings is 2. The number of aromatic amines is 2. The molecule has 8 heteroatoms. The summed E-state index contributed by atoms with van der Waals surface area (Å²) in [5, 5.41) is 7.22. The van der Waals surface area contributed by atoms with Crippen molar-refractivity contribution in [1.29, 1.82) is 0 Å². The minimum absolute atomic E-state index is 0.0398. The van der Waals surface area contributed by atoms with Gasteiger partial charge in [-0.3, -0.25) is 4.79 Å². The Hall–Kier alpha value is -3.68. The molecule has 156 valence electrons. The van der Waals surface area contributed by atoms with Gasteiger partial charge in [-0.15, -0.1) is 5.10 Å². The second kappa shape index (κ2) is 6.66. The molecule has 5 heterocycles. The van der Waals surface area contributed by atoms with Gasteiger partial charge < -0.3 is 14.5 Å². The molecule has 7 nitrogen and oxygen atoms in total. The highest BCUT2D eigenvalue weighted by Crippen LogP contribution is 2.40. The number of nitrogens with zero attached hydrogens (tertiary/aromatic N) is 2. The first-order valence-corrected chi connectivity index (χ1v) is 10.3. The molecule has 1 aromatic carbocycles. The van der Waals surface area contributed by atoms with Crippen LogP contribution in [0.15, 0.2) is 41.6 Å². The van der Waals surface area contributed by atoms with Crippen molar-refractivity contribution in [2.45, 2.75) is 25.7 Å². The Kier molecular flexibility index (Phi) is 3.89. The molecule has 0 radical (unpaired) electrons. The Morgan fingerprint density at radius 1 is 1.16 bits per heavy atom. The molecule has 6 rings (SSSR count). The molecule has 31 heavy (non-hydrogen) atoms. The Morgan fingerprint density at radius 2 is 2.00 bits per heavy atom. The zero-order valence-electron chi connectivity index (χ0n) is 16.9. The first-order valence-electron chi connectivity index (χ1n) is 10.3. The molecular weight excluding hydrogens is 399 g/mol. The molecule has 0 saturated carbocycles. The highest BCUT2D eigenvalue weighted by Gasteiger charge is 2.32. The van der Waals surface area contributed by atoms with E-state index >= 15 is 0 Å². The Morgan fingerprint density at radius 3 is 2.84 bits per heavy atom. The predicted octanol–water partition coefficient (Wildman–Crippen LogP) is 2.60.